The van der Waals surface area contributed by atoms with Crippen molar-refractivity contribution in [3.8, 4) is 17.5 Å². The number of nitrogens with zero attached hydrogens (tertiary/aromatic N) is 2. The van der Waals surface area contributed by atoms with Crippen LogP contribution in [0.2, 0.25) is 0 Å². The summed E-state index contributed by atoms with van der Waals surface area (Å²) in [6.45, 7) is 11.3. The summed E-state index contributed by atoms with van der Waals surface area (Å²) >= 11 is 1.06. The highest BCUT2D eigenvalue weighted by Gasteiger charge is 2.27. The maximum Gasteiger partial charge on any atom is 0.340 e. The molecule has 0 atom stereocenters. The number of nitrogens with one attached hydrogen (secondary N) is 1. The summed E-state index contributed by atoms with van der Waals surface area (Å²) in [7, 11) is 0. The van der Waals surface area contributed by atoms with Gasteiger partial charge in [-0.15, -0.1) is 11.3 Å². The van der Waals surface area contributed by atoms with Gasteiger partial charge < -0.3 is 14.5 Å². The SMILES string of the molecule is CCOC(=O)c1c(C)[nH]c(C(=O)C(C#N)=c2sc(=Cc3ccccc3OCC)c(=O)n2-c2cc(C)ccc2C)c1C. The molecule has 0 aliphatic heterocycles. The number of aromatic amines is 1. The van der Waals surface area contributed by atoms with Crippen LogP contribution in [0.4, 0.5) is 0 Å². The van der Waals surface area contributed by atoms with Gasteiger partial charge in [0.25, 0.3) is 5.56 Å². The van der Waals surface area contributed by atoms with Crippen molar-refractivity contribution in [1.29, 1.82) is 5.26 Å². The Balaban J connectivity index is 2.07. The number of rotatable bonds is 8. The minimum absolute atomic E-state index is 0.0997. The van der Waals surface area contributed by atoms with E-state index in [2.05, 4.69) is 11.1 Å². The van der Waals surface area contributed by atoms with E-state index in [-0.39, 0.29) is 33.7 Å². The van der Waals surface area contributed by atoms with Crippen LogP contribution in [-0.4, -0.2) is 34.5 Å². The molecule has 2 heterocycles. The third-order valence-corrected chi connectivity index (χ3v) is 7.72. The minimum atomic E-state index is -0.620. The van der Waals surface area contributed by atoms with Gasteiger partial charge in [-0.25, -0.2) is 4.79 Å². The van der Waals surface area contributed by atoms with Crippen LogP contribution in [0, 0.1) is 39.0 Å². The van der Waals surface area contributed by atoms with Gasteiger partial charge in [0.05, 0.1) is 34.7 Å². The fourth-order valence-electron chi connectivity index (χ4n) is 4.66. The van der Waals surface area contributed by atoms with E-state index >= 15 is 0 Å². The van der Waals surface area contributed by atoms with Crippen molar-refractivity contribution < 1.29 is 19.1 Å². The Morgan fingerprint density at radius 1 is 1.07 bits per heavy atom. The second-order valence-corrected chi connectivity index (χ2v) is 10.5. The third-order valence-electron chi connectivity index (χ3n) is 6.63. The van der Waals surface area contributed by atoms with Gasteiger partial charge in [0.15, 0.2) is 0 Å². The Bertz CT molecular complexity index is 1890. The highest BCUT2D eigenvalue weighted by Crippen LogP contribution is 2.22. The first kappa shape index (κ1) is 29.3. The second-order valence-electron chi connectivity index (χ2n) is 9.48. The Labute approximate surface area is 241 Å². The standard InChI is InChI=1S/C32H31N3O5S/c1-7-39-25-12-10-9-11-22(25)16-26-30(37)35(24-15-18(3)13-14-19(24)4)31(41-26)23(17-33)29(36)28-20(5)27(21(6)34-28)32(38)40-8-2/h9-16,34H,7-8H2,1-6H3. The molecular weight excluding hydrogens is 538 g/mol. The molecule has 1 N–H and O–H groups in total. The molecule has 0 aliphatic carbocycles. The molecule has 0 radical (unpaired) electrons. The molecule has 2 aromatic heterocycles. The van der Waals surface area contributed by atoms with E-state index in [1.54, 1.807) is 26.8 Å². The maximum absolute atomic E-state index is 14.0. The molecule has 0 saturated carbocycles. The predicted molar refractivity (Wildman–Crippen MR) is 159 cm³/mol. The van der Waals surface area contributed by atoms with Gasteiger partial charge in [-0.2, -0.15) is 5.26 Å². The number of hydrogen-bond acceptors (Lipinski definition) is 7. The molecule has 0 aliphatic rings. The van der Waals surface area contributed by atoms with Crippen LogP contribution >= 0.6 is 11.3 Å². The van der Waals surface area contributed by atoms with Crippen molar-refractivity contribution in [3.05, 3.63) is 101 Å². The number of Topliss-reactive ketones (excluding diaryl/α,β-unsaturated/α-hetero) is 1. The fourth-order valence-corrected chi connectivity index (χ4v) is 5.75. The van der Waals surface area contributed by atoms with Gasteiger partial charge in [-0.05, 0) is 76.4 Å². The number of ether oxygens (including phenoxy) is 2. The highest BCUT2D eigenvalue weighted by molar-refractivity contribution is 7.07. The number of carbonyl (C=O) groups is 2. The van der Waals surface area contributed by atoms with E-state index in [1.807, 2.05) is 63.2 Å². The van der Waals surface area contributed by atoms with Gasteiger partial charge in [-0.3, -0.25) is 14.2 Å². The molecule has 0 amide bonds. The smallest absolute Gasteiger partial charge is 0.340 e. The van der Waals surface area contributed by atoms with E-state index in [0.717, 1.165) is 22.5 Å². The summed E-state index contributed by atoms with van der Waals surface area (Å²) in [5.41, 5.74) is 3.62. The summed E-state index contributed by atoms with van der Waals surface area (Å²) in [5, 5.41) is 10.3. The van der Waals surface area contributed by atoms with Crippen molar-refractivity contribution in [3.63, 3.8) is 0 Å². The van der Waals surface area contributed by atoms with E-state index in [0.29, 0.717) is 39.4 Å². The molecule has 0 saturated heterocycles. The number of ketones is 1. The summed E-state index contributed by atoms with van der Waals surface area (Å²) in [6.07, 6.45) is 1.71. The largest absolute Gasteiger partial charge is 0.493 e. The molecule has 0 bridgehead atoms. The maximum atomic E-state index is 14.0. The lowest BCUT2D eigenvalue weighted by atomic mass is 10.0. The average molecular weight is 570 g/mol. The van der Waals surface area contributed by atoms with Crippen LogP contribution in [0.25, 0.3) is 17.3 Å². The number of H-pyrrole nitrogens is 1. The lowest BCUT2D eigenvalue weighted by Crippen LogP contribution is -2.32. The van der Waals surface area contributed by atoms with E-state index in [1.165, 1.54) is 4.57 Å². The first-order valence-corrected chi connectivity index (χ1v) is 14.0. The van der Waals surface area contributed by atoms with Crippen LogP contribution in [0.5, 0.6) is 5.75 Å². The Hall–Kier alpha value is -4.68. The zero-order chi connectivity index (χ0) is 29.8. The molecule has 4 rings (SSSR count). The first-order chi connectivity index (χ1) is 19.6. The molecule has 0 spiro atoms. The number of hydrogen-bond donors (Lipinski definition) is 1. The molecule has 0 unspecified atom stereocenters. The summed E-state index contributed by atoms with van der Waals surface area (Å²) < 4.78 is 12.9. The zero-order valence-corrected chi connectivity index (χ0v) is 24.7. The summed E-state index contributed by atoms with van der Waals surface area (Å²) in [6, 6.07) is 15.1. The minimum Gasteiger partial charge on any atom is -0.493 e. The number of aryl methyl sites for hydroxylation is 3. The number of thiazole rings is 1. The van der Waals surface area contributed by atoms with E-state index in [4.69, 9.17) is 9.47 Å². The van der Waals surface area contributed by atoms with Crippen molar-refractivity contribution in [1.82, 2.24) is 9.55 Å². The van der Waals surface area contributed by atoms with Gasteiger partial charge in [0, 0.05) is 11.3 Å². The Kier molecular flexibility index (Phi) is 8.74. The van der Waals surface area contributed by atoms with Crippen molar-refractivity contribution in [2.75, 3.05) is 13.2 Å². The normalized spacial score (nSPS) is 12.2. The number of para-hydroxylation sites is 1. The quantitative estimate of drug-likeness (QED) is 0.248. The van der Waals surface area contributed by atoms with Gasteiger partial charge in [0.2, 0.25) is 5.78 Å². The molecule has 9 heteroatoms. The number of nitriles is 1. The van der Waals surface area contributed by atoms with Crippen LogP contribution in [0.1, 0.15) is 62.6 Å². The van der Waals surface area contributed by atoms with Crippen LogP contribution in [-0.2, 0) is 4.74 Å². The fraction of sp³-hybridized carbons (Fsp3) is 0.250. The molecule has 4 aromatic rings. The molecule has 2 aromatic carbocycles. The summed E-state index contributed by atoms with van der Waals surface area (Å²) in [4.78, 5) is 43.4. The summed E-state index contributed by atoms with van der Waals surface area (Å²) in [5.74, 6) is -0.554. The third kappa shape index (κ3) is 5.65. The predicted octanol–water partition coefficient (Wildman–Crippen LogP) is 4.42. The van der Waals surface area contributed by atoms with Gasteiger partial charge in [0.1, 0.15) is 22.1 Å². The second kappa shape index (κ2) is 12.2. The van der Waals surface area contributed by atoms with Gasteiger partial charge >= 0.3 is 5.97 Å². The van der Waals surface area contributed by atoms with E-state index < -0.39 is 11.8 Å². The van der Waals surface area contributed by atoms with Crippen LogP contribution in [0.3, 0.4) is 0 Å². The lowest BCUT2D eigenvalue weighted by molar-refractivity contribution is 0.0525. The highest BCUT2D eigenvalue weighted by atomic mass is 32.1. The number of aromatic nitrogens is 2. The Morgan fingerprint density at radius 3 is 2.49 bits per heavy atom. The topological polar surface area (TPSA) is 114 Å². The lowest BCUT2D eigenvalue weighted by Gasteiger charge is -2.09. The molecule has 8 nitrogen and oxygen atoms in total. The van der Waals surface area contributed by atoms with Crippen molar-refractivity contribution in [2.24, 2.45) is 0 Å². The van der Waals surface area contributed by atoms with Crippen LogP contribution in [0.15, 0.2) is 47.3 Å². The molecule has 41 heavy (non-hydrogen) atoms. The van der Waals surface area contributed by atoms with Crippen LogP contribution < -0.4 is 19.5 Å². The molecule has 210 valence electrons. The number of esters is 1. The first-order valence-electron chi connectivity index (χ1n) is 13.2. The monoisotopic (exact) mass is 569 g/mol. The average Bonchev–Trinajstić information content (AvgIpc) is 3.42. The van der Waals surface area contributed by atoms with Gasteiger partial charge in [-0.1, -0.05) is 30.3 Å². The zero-order valence-electron chi connectivity index (χ0n) is 23.9. The number of benzene rings is 2. The van der Waals surface area contributed by atoms with Crippen molar-refractivity contribution >= 4 is 34.7 Å². The van der Waals surface area contributed by atoms with Crippen molar-refractivity contribution in [2.45, 2.75) is 41.5 Å². The Morgan fingerprint density at radius 2 is 1.80 bits per heavy atom. The van der Waals surface area contributed by atoms with E-state index in [9.17, 15) is 19.6 Å². The molecule has 0 fully saturated rings. The molecular formula is C32H31N3O5S. The number of carbonyl (C=O) groups excluding carboxylic acids is 2.